The van der Waals surface area contributed by atoms with Crippen molar-refractivity contribution in [2.24, 2.45) is 0 Å². The number of alkyl halides is 3. The molecule has 1 aromatic rings. The Bertz CT molecular complexity index is 567. The van der Waals surface area contributed by atoms with E-state index in [1.54, 1.807) is 30.3 Å². The summed E-state index contributed by atoms with van der Waals surface area (Å²) >= 11 is 0. The summed E-state index contributed by atoms with van der Waals surface area (Å²) in [5.41, 5.74) is 0.504. The van der Waals surface area contributed by atoms with Gasteiger partial charge < -0.3 is 5.11 Å². The minimum atomic E-state index is -4.45. The molecule has 0 aliphatic carbocycles. The molecule has 0 spiro atoms. The summed E-state index contributed by atoms with van der Waals surface area (Å²) in [6.07, 6.45) is -6.59. The van der Waals surface area contributed by atoms with Crippen LogP contribution in [0, 0.1) is 0 Å². The monoisotopic (exact) mass is 324 g/mol. The van der Waals surface area contributed by atoms with Crippen LogP contribution in [0.25, 0.3) is 0 Å². The lowest BCUT2D eigenvalue weighted by molar-refractivity contribution is -0.136. The molecule has 118 valence electrons. The Labute approximate surface area is 120 Å². The van der Waals surface area contributed by atoms with Crippen molar-refractivity contribution in [1.82, 2.24) is 0 Å². The Morgan fingerprint density at radius 2 is 1.76 bits per heavy atom. The van der Waals surface area contributed by atoms with Gasteiger partial charge >= 0.3 is 12.1 Å². The molecule has 0 saturated carbocycles. The first-order chi connectivity index (χ1) is 9.62. The average Bonchev–Trinajstić information content (AvgIpc) is 2.34. The van der Waals surface area contributed by atoms with Gasteiger partial charge in [-0.2, -0.15) is 13.2 Å². The Morgan fingerprint density at radius 3 is 2.24 bits per heavy atom. The molecule has 1 N–H and O–H groups in total. The molecular formula is C13H15F3O4S. The first-order valence-corrected chi connectivity index (χ1v) is 7.88. The van der Waals surface area contributed by atoms with Crippen molar-refractivity contribution in [3.8, 4) is 0 Å². The molecule has 1 rings (SSSR count). The topological polar surface area (TPSA) is 71.4 Å². The fourth-order valence-electron chi connectivity index (χ4n) is 1.81. The van der Waals surface area contributed by atoms with Crippen molar-refractivity contribution in [1.29, 1.82) is 0 Å². The number of benzene rings is 1. The van der Waals surface area contributed by atoms with Crippen molar-refractivity contribution < 1.29 is 31.5 Å². The van der Waals surface area contributed by atoms with E-state index in [1.165, 1.54) is 0 Å². The molecule has 0 aromatic heterocycles. The molecule has 0 amide bonds. The van der Waals surface area contributed by atoms with Crippen molar-refractivity contribution in [2.75, 3.05) is 5.75 Å². The molecule has 1 unspecified atom stereocenters. The second-order valence-corrected chi connectivity index (χ2v) is 6.91. The van der Waals surface area contributed by atoms with Gasteiger partial charge in [-0.1, -0.05) is 30.3 Å². The van der Waals surface area contributed by atoms with E-state index >= 15 is 0 Å². The predicted molar refractivity (Wildman–Crippen MR) is 70.6 cm³/mol. The largest absolute Gasteiger partial charge is 0.480 e. The summed E-state index contributed by atoms with van der Waals surface area (Å²) in [5.74, 6) is -2.35. The molecule has 0 fully saturated rings. The molecular weight excluding hydrogens is 309 g/mol. The highest BCUT2D eigenvalue weighted by molar-refractivity contribution is 7.92. The average molecular weight is 324 g/mol. The van der Waals surface area contributed by atoms with E-state index in [0.29, 0.717) is 5.56 Å². The van der Waals surface area contributed by atoms with Crippen LogP contribution in [0.15, 0.2) is 30.3 Å². The fourth-order valence-corrected chi connectivity index (χ4v) is 3.40. The molecule has 0 saturated heterocycles. The van der Waals surface area contributed by atoms with Gasteiger partial charge in [-0.15, -0.1) is 0 Å². The van der Waals surface area contributed by atoms with Crippen LogP contribution >= 0.6 is 0 Å². The lowest BCUT2D eigenvalue weighted by Crippen LogP contribution is -2.34. The Morgan fingerprint density at radius 1 is 1.19 bits per heavy atom. The van der Waals surface area contributed by atoms with E-state index in [4.69, 9.17) is 5.11 Å². The first kappa shape index (κ1) is 17.5. The van der Waals surface area contributed by atoms with E-state index in [0.717, 1.165) is 0 Å². The minimum absolute atomic E-state index is 0.259. The van der Waals surface area contributed by atoms with Crippen molar-refractivity contribution in [3.05, 3.63) is 35.9 Å². The van der Waals surface area contributed by atoms with Crippen molar-refractivity contribution in [2.45, 2.75) is 30.7 Å². The van der Waals surface area contributed by atoms with E-state index in [1.807, 2.05) is 0 Å². The van der Waals surface area contributed by atoms with Gasteiger partial charge in [-0.05, 0) is 18.4 Å². The molecule has 4 nitrogen and oxygen atoms in total. The molecule has 8 heteroatoms. The van der Waals surface area contributed by atoms with Crippen LogP contribution in [0.4, 0.5) is 13.2 Å². The Balaban J connectivity index is 2.77. The molecule has 0 aliphatic heterocycles. The molecule has 21 heavy (non-hydrogen) atoms. The zero-order chi connectivity index (χ0) is 16.1. The van der Waals surface area contributed by atoms with Crippen LogP contribution in [0.2, 0.25) is 0 Å². The standard InChI is InChI=1S/C13H15F3O4S/c14-13(15,16)7-4-8-21(19,20)11(12(17)18)9-10-5-2-1-3-6-10/h1-3,5-6,11H,4,7-9H2,(H,17,18). The summed E-state index contributed by atoms with van der Waals surface area (Å²) in [5, 5.41) is 7.30. The normalized spacial score (nSPS) is 13.9. The highest BCUT2D eigenvalue weighted by atomic mass is 32.2. The van der Waals surface area contributed by atoms with E-state index < -0.39 is 45.8 Å². The third-order valence-corrected chi connectivity index (χ3v) is 4.95. The van der Waals surface area contributed by atoms with Crippen LogP contribution < -0.4 is 0 Å². The number of carboxylic acids is 1. The number of rotatable bonds is 7. The van der Waals surface area contributed by atoms with Crippen LogP contribution in [0.3, 0.4) is 0 Å². The number of aliphatic carboxylic acids is 1. The summed E-state index contributed by atoms with van der Waals surface area (Å²) in [4.78, 5) is 11.1. The summed E-state index contributed by atoms with van der Waals surface area (Å²) in [7, 11) is -4.14. The number of carbonyl (C=O) groups is 1. The Kier molecular flexibility index (Phi) is 5.77. The van der Waals surface area contributed by atoms with Crippen LogP contribution in [-0.4, -0.2) is 36.7 Å². The molecule has 1 aromatic carbocycles. The zero-order valence-corrected chi connectivity index (χ0v) is 11.8. The fraction of sp³-hybridized carbons (Fsp3) is 0.462. The maximum atomic E-state index is 12.0. The number of hydrogen-bond acceptors (Lipinski definition) is 3. The SMILES string of the molecule is O=C(O)C(Cc1ccccc1)S(=O)(=O)CCCC(F)(F)F. The third-order valence-electron chi connectivity index (χ3n) is 2.86. The molecule has 0 aliphatic rings. The van der Waals surface area contributed by atoms with Gasteiger partial charge in [0.15, 0.2) is 15.1 Å². The number of halogens is 3. The van der Waals surface area contributed by atoms with Gasteiger partial charge in [0.25, 0.3) is 0 Å². The minimum Gasteiger partial charge on any atom is -0.480 e. The van der Waals surface area contributed by atoms with Crippen molar-refractivity contribution >= 4 is 15.8 Å². The maximum absolute atomic E-state index is 12.0. The van der Waals surface area contributed by atoms with Crippen LogP contribution in [0.5, 0.6) is 0 Å². The third kappa shape index (κ3) is 6.16. The second kappa shape index (κ2) is 6.93. The lowest BCUT2D eigenvalue weighted by atomic mass is 10.1. The molecule has 1 atom stereocenters. The van der Waals surface area contributed by atoms with Crippen LogP contribution in [0.1, 0.15) is 18.4 Å². The highest BCUT2D eigenvalue weighted by Crippen LogP contribution is 2.22. The van der Waals surface area contributed by atoms with Crippen molar-refractivity contribution in [3.63, 3.8) is 0 Å². The van der Waals surface area contributed by atoms with Gasteiger partial charge in [0.1, 0.15) is 0 Å². The number of sulfone groups is 1. The second-order valence-electron chi connectivity index (χ2n) is 4.60. The number of hydrogen-bond donors (Lipinski definition) is 1. The van der Waals surface area contributed by atoms with E-state index in [-0.39, 0.29) is 6.42 Å². The molecule has 0 heterocycles. The van der Waals surface area contributed by atoms with Gasteiger partial charge in [0, 0.05) is 6.42 Å². The highest BCUT2D eigenvalue weighted by Gasteiger charge is 2.34. The van der Waals surface area contributed by atoms with E-state index in [9.17, 15) is 26.4 Å². The molecule has 0 radical (unpaired) electrons. The zero-order valence-electron chi connectivity index (χ0n) is 11.0. The van der Waals surface area contributed by atoms with E-state index in [2.05, 4.69) is 0 Å². The smallest absolute Gasteiger partial charge is 0.389 e. The first-order valence-electron chi connectivity index (χ1n) is 6.17. The predicted octanol–water partition coefficient (Wildman–Crippen LogP) is 2.44. The van der Waals surface area contributed by atoms with Gasteiger partial charge in [-0.3, -0.25) is 4.79 Å². The quantitative estimate of drug-likeness (QED) is 0.836. The van der Waals surface area contributed by atoms with Crippen LogP contribution in [-0.2, 0) is 21.1 Å². The van der Waals surface area contributed by atoms with Gasteiger partial charge in [0.05, 0.1) is 5.75 Å². The summed E-state index contributed by atoms with van der Waals surface area (Å²) in [6.45, 7) is 0. The Hall–Kier alpha value is -1.57. The maximum Gasteiger partial charge on any atom is 0.389 e. The van der Waals surface area contributed by atoms with Gasteiger partial charge in [0.2, 0.25) is 0 Å². The summed E-state index contributed by atoms with van der Waals surface area (Å²) < 4.78 is 59.9. The van der Waals surface area contributed by atoms with Gasteiger partial charge in [-0.25, -0.2) is 8.42 Å². The number of carboxylic acid groups (broad SMARTS) is 1. The lowest BCUT2D eigenvalue weighted by Gasteiger charge is -2.14. The molecule has 0 bridgehead atoms. The summed E-state index contributed by atoms with van der Waals surface area (Å²) in [6, 6.07) is 8.09.